The minimum absolute atomic E-state index is 0.124. The fraction of sp³-hybridized carbons (Fsp3) is 0. The van der Waals surface area contributed by atoms with E-state index in [4.69, 9.17) is 0 Å². The number of hydrogen-bond donors (Lipinski definition) is 1. The molecule has 7 heteroatoms. The molecule has 2 aromatic rings. The number of aromatic hydroxyl groups is 1. The molecule has 17 heavy (non-hydrogen) atoms. The van der Waals surface area contributed by atoms with Gasteiger partial charge in [0.2, 0.25) is 0 Å². The molecule has 0 aliphatic carbocycles. The van der Waals surface area contributed by atoms with Crippen LogP contribution in [0.4, 0.5) is 5.69 Å². The Labute approximate surface area is 100 Å². The predicted molar refractivity (Wildman–Crippen MR) is 60.9 cm³/mol. The van der Waals surface area contributed by atoms with E-state index in [-0.39, 0.29) is 11.4 Å². The summed E-state index contributed by atoms with van der Waals surface area (Å²) < 4.78 is 0. The van der Waals surface area contributed by atoms with Crippen molar-refractivity contribution in [1.82, 2.24) is 9.97 Å². The molecule has 0 spiro atoms. The van der Waals surface area contributed by atoms with Crippen molar-refractivity contribution in [2.75, 3.05) is 0 Å². The first-order valence-corrected chi connectivity index (χ1v) is 5.41. The van der Waals surface area contributed by atoms with Gasteiger partial charge in [0.15, 0.2) is 5.16 Å². The lowest BCUT2D eigenvalue weighted by atomic mass is 10.3. The smallest absolute Gasteiger partial charge is 0.305 e. The summed E-state index contributed by atoms with van der Waals surface area (Å²) in [5.74, 6) is 0.124. The number of nitro groups is 1. The van der Waals surface area contributed by atoms with Gasteiger partial charge in [-0.1, -0.05) is 12.1 Å². The number of rotatable bonds is 3. The number of phenolic OH excluding ortho intramolecular Hbond substituents is 1. The Kier molecular flexibility index (Phi) is 3.20. The molecule has 2 rings (SSSR count). The van der Waals surface area contributed by atoms with Crippen LogP contribution in [0.15, 0.2) is 46.7 Å². The summed E-state index contributed by atoms with van der Waals surface area (Å²) in [4.78, 5) is 18.1. The summed E-state index contributed by atoms with van der Waals surface area (Å²) in [7, 11) is 0. The second kappa shape index (κ2) is 4.79. The summed E-state index contributed by atoms with van der Waals surface area (Å²) in [6.45, 7) is 0. The second-order valence-electron chi connectivity index (χ2n) is 3.05. The third-order valence-corrected chi connectivity index (χ3v) is 2.85. The van der Waals surface area contributed by atoms with Crippen LogP contribution in [0.25, 0.3) is 0 Å². The molecule has 0 unspecified atom stereocenters. The number of hydrogen-bond acceptors (Lipinski definition) is 6. The van der Waals surface area contributed by atoms with Gasteiger partial charge in [-0.25, -0.2) is 9.97 Å². The van der Waals surface area contributed by atoms with E-state index in [0.717, 1.165) is 24.2 Å². The maximum absolute atomic E-state index is 10.4. The van der Waals surface area contributed by atoms with Crippen LogP contribution in [0.5, 0.6) is 5.75 Å². The molecule has 0 bridgehead atoms. The lowest BCUT2D eigenvalue weighted by Gasteiger charge is -2.01. The van der Waals surface area contributed by atoms with Gasteiger partial charge in [0.1, 0.15) is 18.1 Å². The fourth-order valence-electron chi connectivity index (χ4n) is 1.10. The van der Waals surface area contributed by atoms with Crippen molar-refractivity contribution in [3.63, 3.8) is 0 Å². The first kappa shape index (κ1) is 11.3. The van der Waals surface area contributed by atoms with Crippen molar-refractivity contribution in [2.24, 2.45) is 0 Å². The largest absolute Gasteiger partial charge is 0.507 e. The second-order valence-corrected chi connectivity index (χ2v) is 4.06. The lowest BCUT2D eigenvalue weighted by Crippen LogP contribution is -1.92. The van der Waals surface area contributed by atoms with Crippen LogP contribution in [-0.4, -0.2) is 20.0 Å². The lowest BCUT2D eigenvalue weighted by molar-refractivity contribution is -0.385. The Hall–Kier alpha value is -2.15. The fourth-order valence-corrected chi connectivity index (χ4v) is 1.82. The molecule has 6 nitrogen and oxygen atoms in total. The highest BCUT2D eigenvalue weighted by atomic mass is 32.2. The van der Waals surface area contributed by atoms with Crippen LogP contribution in [-0.2, 0) is 0 Å². The molecule has 1 N–H and O–H groups in total. The number of phenols is 1. The van der Waals surface area contributed by atoms with Crippen molar-refractivity contribution in [3.05, 3.63) is 46.8 Å². The molecular formula is C10H7N3O3S. The van der Waals surface area contributed by atoms with Crippen LogP contribution in [0.3, 0.4) is 0 Å². The summed E-state index contributed by atoms with van der Waals surface area (Å²) >= 11 is 1.14. The minimum atomic E-state index is -0.561. The molecule has 1 heterocycles. The number of nitrogens with zero attached hydrogens (tertiary/aromatic N) is 3. The maximum Gasteiger partial charge on any atom is 0.305 e. The molecular weight excluding hydrogens is 242 g/mol. The SMILES string of the molecule is O=[N+]([O-])c1cnc(Sc2ccccc2O)nc1. The maximum atomic E-state index is 10.4. The van der Waals surface area contributed by atoms with E-state index in [2.05, 4.69) is 9.97 Å². The first-order chi connectivity index (χ1) is 8.16. The van der Waals surface area contributed by atoms with Gasteiger partial charge in [0.05, 0.1) is 9.82 Å². The number of aromatic nitrogens is 2. The van der Waals surface area contributed by atoms with Gasteiger partial charge in [-0.3, -0.25) is 10.1 Å². The molecule has 0 saturated carbocycles. The van der Waals surface area contributed by atoms with E-state index in [1.807, 2.05) is 0 Å². The van der Waals surface area contributed by atoms with Crippen LogP contribution < -0.4 is 0 Å². The standard InChI is InChI=1S/C10H7N3O3S/c14-8-3-1-2-4-9(8)17-10-11-5-7(6-12-10)13(15)16/h1-6,14H. The van der Waals surface area contributed by atoms with Crippen molar-refractivity contribution >= 4 is 17.4 Å². The highest BCUT2D eigenvalue weighted by molar-refractivity contribution is 7.99. The van der Waals surface area contributed by atoms with E-state index < -0.39 is 4.92 Å². The molecule has 86 valence electrons. The Morgan fingerprint density at radius 3 is 2.47 bits per heavy atom. The Bertz CT molecular complexity index is 545. The third-order valence-electron chi connectivity index (χ3n) is 1.89. The van der Waals surface area contributed by atoms with Gasteiger partial charge in [-0.15, -0.1) is 0 Å². The van der Waals surface area contributed by atoms with Crippen molar-refractivity contribution in [3.8, 4) is 5.75 Å². The summed E-state index contributed by atoms with van der Waals surface area (Å²) in [6, 6.07) is 6.74. The predicted octanol–water partition coefficient (Wildman–Crippen LogP) is 2.24. The zero-order valence-corrected chi connectivity index (χ0v) is 9.29. The molecule has 1 aromatic heterocycles. The topological polar surface area (TPSA) is 89.2 Å². The quantitative estimate of drug-likeness (QED) is 0.509. The van der Waals surface area contributed by atoms with E-state index >= 15 is 0 Å². The highest BCUT2D eigenvalue weighted by Crippen LogP contribution is 2.31. The molecule has 0 amide bonds. The average Bonchev–Trinajstić information content (AvgIpc) is 2.33. The summed E-state index contributed by atoms with van der Waals surface area (Å²) in [5.41, 5.74) is -0.161. The van der Waals surface area contributed by atoms with Crippen molar-refractivity contribution < 1.29 is 10.0 Å². The zero-order chi connectivity index (χ0) is 12.3. The molecule has 1 aromatic carbocycles. The minimum Gasteiger partial charge on any atom is -0.507 e. The normalized spacial score (nSPS) is 10.1. The highest BCUT2D eigenvalue weighted by Gasteiger charge is 2.09. The first-order valence-electron chi connectivity index (χ1n) is 4.59. The number of para-hydroxylation sites is 1. The van der Waals surface area contributed by atoms with Crippen LogP contribution in [0, 0.1) is 10.1 Å². The van der Waals surface area contributed by atoms with Gasteiger partial charge in [0, 0.05) is 0 Å². The van der Waals surface area contributed by atoms with Gasteiger partial charge in [-0.2, -0.15) is 0 Å². The molecule has 0 saturated heterocycles. The monoisotopic (exact) mass is 249 g/mol. The van der Waals surface area contributed by atoms with Gasteiger partial charge in [-0.05, 0) is 23.9 Å². The Morgan fingerprint density at radius 1 is 1.24 bits per heavy atom. The van der Waals surface area contributed by atoms with Gasteiger partial charge >= 0.3 is 5.69 Å². The molecule has 0 aliphatic rings. The average molecular weight is 249 g/mol. The molecule has 0 atom stereocenters. The van der Waals surface area contributed by atoms with Crippen LogP contribution >= 0.6 is 11.8 Å². The summed E-state index contributed by atoms with van der Waals surface area (Å²) in [5, 5.41) is 20.3. The van der Waals surface area contributed by atoms with Crippen LogP contribution in [0.2, 0.25) is 0 Å². The van der Waals surface area contributed by atoms with Gasteiger partial charge in [0.25, 0.3) is 0 Å². The number of benzene rings is 1. The third kappa shape index (κ3) is 2.70. The van der Waals surface area contributed by atoms with E-state index in [1.165, 1.54) is 0 Å². The van der Waals surface area contributed by atoms with Crippen molar-refractivity contribution in [2.45, 2.75) is 10.1 Å². The zero-order valence-electron chi connectivity index (χ0n) is 8.48. The Morgan fingerprint density at radius 2 is 1.88 bits per heavy atom. The van der Waals surface area contributed by atoms with Crippen molar-refractivity contribution in [1.29, 1.82) is 0 Å². The van der Waals surface area contributed by atoms with E-state index in [9.17, 15) is 15.2 Å². The van der Waals surface area contributed by atoms with E-state index in [1.54, 1.807) is 24.3 Å². The molecule has 0 radical (unpaired) electrons. The molecule has 0 aliphatic heterocycles. The summed E-state index contributed by atoms with van der Waals surface area (Å²) in [6.07, 6.45) is 2.27. The van der Waals surface area contributed by atoms with Crippen LogP contribution in [0.1, 0.15) is 0 Å². The van der Waals surface area contributed by atoms with Gasteiger partial charge < -0.3 is 5.11 Å². The molecule has 0 fully saturated rings. The Balaban J connectivity index is 2.20. The van der Waals surface area contributed by atoms with E-state index in [0.29, 0.717) is 10.1 Å².